The Bertz CT molecular complexity index is 183. The van der Waals surface area contributed by atoms with E-state index in [1.165, 1.54) is 11.1 Å². The Labute approximate surface area is 63.6 Å². The normalized spacial score (nSPS) is 10.1. The summed E-state index contributed by atoms with van der Waals surface area (Å²) in [5, 5.41) is 0. The average Bonchev–Trinajstić information content (AvgIpc) is 2.12. The zero-order valence-corrected chi connectivity index (χ0v) is 7.25. The summed E-state index contributed by atoms with van der Waals surface area (Å²) in [7, 11) is 0. The van der Waals surface area contributed by atoms with Crippen molar-refractivity contribution < 1.29 is 0 Å². The summed E-state index contributed by atoms with van der Waals surface area (Å²) in [6.45, 7) is 4.26. The molecule has 0 unspecified atom stereocenters. The number of halogens is 1. The van der Waals surface area contributed by atoms with Crippen LogP contribution in [0.25, 0.3) is 0 Å². The Hall–Kier alpha value is -0.240. The number of aryl methyl sites for hydroxylation is 1. The molecule has 0 atom stereocenters. The van der Waals surface area contributed by atoms with Crippen LogP contribution in [0.3, 0.4) is 0 Å². The number of hydrogen-bond donors (Lipinski definition) is 1. The third-order valence-corrected chi connectivity index (χ3v) is 2.22. The first kappa shape index (κ1) is 6.87. The number of nitrogens with one attached hydrogen (secondary N) is 1. The van der Waals surface area contributed by atoms with Crippen molar-refractivity contribution in [3.63, 3.8) is 0 Å². The van der Waals surface area contributed by atoms with Gasteiger partial charge in [-0.15, -0.1) is 0 Å². The molecule has 0 fully saturated rings. The molecular weight excluding hydrogens is 178 g/mol. The Morgan fingerprint density at radius 3 is 2.56 bits per heavy atom. The Kier molecular flexibility index (Phi) is 1.96. The van der Waals surface area contributed by atoms with Gasteiger partial charge in [0, 0.05) is 6.20 Å². The van der Waals surface area contributed by atoms with Gasteiger partial charge in [0.15, 0.2) is 0 Å². The van der Waals surface area contributed by atoms with Crippen molar-refractivity contribution in [3.8, 4) is 0 Å². The minimum Gasteiger partial charge on any atom is -0.356 e. The quantitative estimate of drug-likeness (QED) is 0.697. The molecule has 0 saturated carbocycles. The van der Waals surface area contributed by atoms with Crippen LogP contribution in [0.1, 0.15) is 18.1 Å². The van der Waals surface area contributed by atoms with Crippen LogP contribution in [-0.4, -0.2) is 4.98 Å². The van der Waals surface area contributed by atoms with E-state index in [1.54, 1.807) is 0 Å². The van der Waals surface area contributed by atoms with Gasteiger partial charge in [-0.05, 0) is 40.4 Å². The van der Waals surface area contributed by atoms with E-state index in [-0.39, 0.29) is 0 Å². The standard InChI is InChI=1S/C7H10BrN/c1-3-6-5(2)4-9-7(6)8/h4,9H,3H2,1-2H3. The molecule has 0 aliphatic rings. The summed E-state index contributed by atoms with van der Waals surface area (Å²) < 4.78 is 1.13. The van der Waals surface area contributed by atoms with E-state index < -0.39 is 0 Å². The highest BCUT2D eigenvalue weighted by atomic mass is 79.9. The van der Waals surface area contributed by atoms with Gasteiger partial charge in [-0.2, -0.15) is 0 Å². The van der Waals surface area contributed by atoms with Crippen molar-refractivity contribution in [1.29, 1.82) is 0 Å². The van der Waals surface area contributed by atoms with E-state index >= 15 is 0 Å². The third-order valence-electron chi connectivity index (χ3n) is 1.51. The zero-order chi connectivity index (χ0) is 6.85. The van der Waals surface area contributed by atoms with E-state index in [2.05, 4.69) is 34.8 Å². The summed E-state index contributed by atoms with van der Waals surface area (Å²) in [4.78, 5) is 3.10. The van der Waals surface area contributed by atoms with Gasteiger partial charge in [-0.3, -0.25) is 0 Å². The topological polar surface area (TPSA) is 15.8 Å². The molecule has 1 nitrogen and oxygen atoms in total. The number of hydrogen-bond acceptors (Lipinski definition) is 0. The maximum Gasteiger partial charge on any atom is 0.0855 e. The Morgan fingerprint density at radius 1 is 1.67 bits per heavy atom. The highest BCUT2D eigenvalue weighted by Gasteiger charge is 2.00. The predicted molar refractivity (Wildman–Crippen MR) is 42.6 cm³/mol. The second-order valence-corrected chi connectivity index (χ2v) is 2.91. The van der Waals surface area contributed by atoms with E-state index in [0.29, 0.717) is 0 Å². The van der Waals surface area contributed by atoms with Gasteiger partial charge < -0.3 is 4.98 Å². The SMILES string of the molecule is CCc1c(C)c[nH]c1Br. The molecule has 0 aliphatic carbocycles. The molecule has 0 spiro atoms. The van der Waals surface area contributed by atoms with Crippen LogP contribution in [-0.2, 0) is 6.42 Å². The van der Waals surface area contributed by atoms with Gasteiger partial charge in [-0.25, -0.2) is 0 Å². The fourth-order valence-electron chi connectivity index (χ4n) is 0.953. The molecule has 0 amide bonds. The largest absolute Gasteiger partial charge is 0.356 e. The number of rotatable bonds is 1. The highest BCUT2D eigenvalue weighted by molar-refractivity contribution is 9.10. The molecule has 2 heteroatoms. The molecule has 9 heavy (non-hydrogen) atoms. The summed E-state index contributed by atoms with van der Waals surface area (Å²) in [6.07, 6.45) is 3.11. The molecule has 0 bridgehead atoms. The summed E-state index contributed by atoms with van der Waals surface area (Å²) >= 11 is 3.42. The smallest absolute Gasteiger partial charge is 0.0855 e. The van der Waals surface area contributed by atoms with Crippen LogP contribution in [0.15, 0.2) is 10.8 Å². The van der Waals surface area contributed by atoms with Crippen molar-refractivity contribution in [3.05, 3.63) is 21.9 Å². The van der Waals surface area contributed by atoms with Crippen LogP contribution in [0.4, 0.5) is 0 Å². The predicted octanol–water partition coefficient (Wildman–Crippen LogP) is 2.65. The highest BCUT2D eigenvalue weighted by Crippen LogP contribution is 2.18. The minimum absolute atomic E-state index is 1.09. The first-order valence-corrected chi connectivity index (χ1v) is 3.87. The monoisotopic (exact) mass is 187 g/mol. The van der Waals surface area contributed by atoms with E-state index in [1.807, 2.05) is 6.20 Å². The van der Waals surface area contributed by atoms with E-state index in [9.17, 15) is 0 Å². The van der Waals surface area contributed by atoms with Gasteiger partial charge in [0.05, 0.1) is 4.60 Å². The van der Waals surface area contributed by atoms with E-state index in [0.717, 1.165) is 11.0 Å². The molecule has 1 aromatic heterocycles. The molecule has 1 heterocycles. The van der Waals surface area contributed by atoms with Crippen LogP contribution >= 0.6 is 15.9 Å². The van der Waals surface area contributed by atoms with Crippen molar-refractivity contribution in [1.82, 2.24) is 4.98 Å². The number of aromatic amines is 1. The number of H-pyrrole nitrogens is 1. The Balaban J connectivity index is 3.07. The lowest BCUT2D eigenvalue weighted by molar-refractivity contribution is 1.11. The first-order valence-electron chi connectivity index (χ1n) is 3.08. The molecule has 50 valence electrons. The van der Waals surface area contributed by atoms with Crippen molar-refractivity contribution in [2.75, 3.05) is 0 Å². The van der Waals surface area contributed by atoms with Gasteiger partial charge in [-0.1, -0.05) is 6.92 Å². The van der Waals surface area contributed by atoms with Crippen molar-refractivity contribution in [2.24, 2.45) is 0 Å². The molecule has 0 radical (unpaired) electrons. The van der Waals surface area contributed by atoms with Crippen LogP contribution in [0.5, 0.6) is 0 Å². The fraction of sp³-hybridized carbons (Fsp3) is 0.429. The van der Waals surface area contributed by atoms with Crippen molar-refractivity contribution >= 4 is 15.9 Å². The third kappa shape index (κ3) is 1.18. The summed E-state index contributed by atoms with van der Waals surface area (Å²) in [6, 6.07) is 0. The molecule has 1 rings (SSSR count). The average molecular weight is 188 g/mol. The molecular formula is C7H10BrN. The summed E-state index contributed by atoms with van der Waals surface area (Å²) in [5.41, 5.74) is 2.72. The molecule has 0 saturated heterocycles. The second kappa shape index (κ2) is 2.56. The van der Waals surface area contributed by atoms with Crippen LogP contribution in [0.2, 0.25) is 0 Å². The van der Waals surface area contributed by atoms with Gasteiger partial charge in [0.2, 0.25) is 0 Å². The van der Waals surface area contributed by atoms with Gasteiger partial charge in [0.1, 0.15) is 0 Å². The maximum atomic E-state index is 3.42. The van der Waals surface area contributed by atoms with Crippen LogP contribution < -0.4 is 0 Å². The Morgan fingerprint density at radius 2 is 2.33 bits per heavy atom. The number of aromatic nitrogens is 1. The molecule has 0 aromatic carbocycles. The molecule has 1 N–H and O–H groups in total. The van der Waals surface area contributed by atoms with E-state index in [4.69, 9.17) is 0 Å². The van der Waals surface area contributed by atoms with Gasteiger partial charge in [0.25, 0.3) is 0 Å². The lowest BCUT2D eigenvalue weighted by atomic mass is 10.2. The van der Waals surface area contributed by atoms with Gasteiger partial charge >= 0.3 is 0 Å². The fourth-order valence-corrected chi connectivity index (χ4v) is 1.66. The lowest BCUT2D eigenvalue weighted by Gasteiger charge is -1.91. The van der Waals surface area contributed by atoms with Crippen molar-refractivity contribution in [2.45, 2.75) is 20.3 Å². The van der Waals surface area contributed by atoms with Crippen LogP contribution in [0, 0.1) is 6.92 Å². The maximum absolute atomic E-state index is 3.42. The molecule has 0 aliphatic heterocycles. The zero-order valence-electron chi connectivity index (χ0n) is 5.66. The second-order valence-electron chi connectivity index (χ2n) is 2.12. The first-order chi connectivity index (χ1) is 4.25. The molecule has 1 aromatic rings. The minimum atomic E-state index is 1.09. The lowest BCUT2D eigenvalue weighted by Crippen LogP contribution is -1.78. The summed E-state index contributed by atoms with van der Waals surface area (Å²) in [5.74, 6) is 0.